The summed E-state index contributed by atoms with van der Waals surface area (Å²) in [6.45, 7) is 6.05. The molecule has 142 valence electrons. The van der Waals surface area contributed by atoms with Crippen molar-refractivity contribution in [2.24, 2.45) is 0 Å². The molecule has 0 radical (unpaired) electrons. The van der Waals surface area contributed by atoms with Crippen molar-refractivity contribution in [1.29, 1.82) is 0 Å². The summed E-state index contributed by atoms with van der Waals surface area (Å²) in [4.78, 5) is 44.2. The highest BCUT2D eigenvalue weighted by Crippen LogP contribution is 2.22. The number of carbonyl (C=O) groups excluding carboxylic acids is 2. The van der Waals surface area contributed by atoms with Crippen molar-refractivity contribution in [3.8, 4) is 0 Å². The van der Waals surface area contributed by atoms with E-state index < -0.39 is 0 Å². The zero-order valence-corrected chi connectivity index (χ0v) is 15.8. The van der Waals surface area contributed by atoms with Crippen molar-refractivity contribution >= 4 is 17.5 Å². The number of aryl methyl sites for hydroxylation is 3. The standard InChI is InChI=1S/C20H24N4O3/c1-12-4-6-16(7-5-12)24-11-15(10-19(24)26)23-18(25)9-8-17-13(2)21-20(27)22-14(17)3/h4-7,15H,8-11H2,1-3H3,(H,23,25)(H,21,22,27)/t15-/m0/s1. The topological polar surface area (TPSA) is 95.2 Å². The minimum Gasteiger partial charge on any atom is -0.351 e. The van der Waals surface area contributed by atoms with E-state index in [1.807, 2.05) is 31.2 Å². The monoisotopic (exact) mass is 368 g/mol. The van der Waals surface area contributed by atoms with Gasteiger partial charge in [0.15, 0.2) is 0 Å². The summed E-state index contributed by atoms with van der Waals surface area (Å²) in [6.07, 6.45) is 1.08. The van der Waals surface area contributed by atoms with Gasteiger partial charge in [-0.05, 0) is 44.9 Å². The van der Waals surface area contributed by atoms with E-state index >= 15 is 0 Å². The second-order valence-electron chi connectivity index (χ2n) is 7.04. The van der Waals surface area contributed by atoms with Crippen LogP contribution < -0.4 is 15.9 Å². The number of H-pyrrole nitrogens is 1. The number of nitrogens with zero attached hydrogens (tertiary/aromatic N) is 2. The smallest absolute Gasteiger partial charge is 0.345 e. The van der Waals surface area contributed by atoms with Gasteiger partial charge in [-0.2, -0.15) is 4.98 Å². The summed E-state index contributed by atoms with van der Waals surface area (Å²) in [6, 6.07) is 7.59. The fraction of sp³-hybridized carbons (Fsp3) is 0.400. The zero-order valence-electron chi connectivity index (χ0n) is 15.8. The molecule has 0 unspecified atom stereocenters. The lowest BCUT2D eigenvalue weighted by Crippen LogP contribution is -2.37. The molecule has 2 amide bonds. The van der Waals surface area contributed by atoms with Gasteiger partial charge in [-0.25, -0.2) is 4.79 Å². The highest BCUT2D eigenvalue weighted by atomic mass is 16.2. The Hall–Kier alpha value is -2.96. The molecule has 1 atom stereocenters. The largest absolute Gasteiger partial charge is 0.351 e. The maximum atomic E-state index is 12.3. The van der Waals surface area contributed by atoms with Crippen molar-refractivity contribution in [3.63, 3.8) is 0 Å². The van der Waals surface area contributed by atoms with E-state index in [0.29, 0.717) is 25.1 Å². The number of amides is 2. The Balaban J connectivity index is 1.57. The lowest BCUT2D eigenvalue weighted by Gasteiger charge is -2.17. The van der Waals surface area contributed by atoms with Crippen LogP contribution in [0.3, 0.4) is 0 Å². The minimum absolute atomic E-state index is 0.0145. The molecule has 7 nitrogen and oxygen atoms in total. The third kappa shape index (κ3) is 4.42. The van der Waals surface area contributed by atoms with Crippen LogP contribution in [0.4, 0.5) is 5.69 Å². The number of hydrogen-bond donors (Lipinski definition) is 2. The van der Waals surface area contributed by atoms with E-state index in [1.54, 1.807) is 18.7 Å². The second-order valence-corrected chi connectivity index (χ2v) is 7.04. The molecule has 1 aromatic carbocycles. The third-order valence-electron chi connectivity index (χ3n) is 4.89. The van der Waals surface area contributed by atoms with Crippen LogP contribution in [0, 0.1) is 20.8 Å². The molecule has 7 heteroatoms. The van der Waals surface area contributed by atoms with Crippen LogP contribution >= 0.6 is 0 Å². The van der Waals surface area contributed by atoms with Crippen molar-refractivity contribution in [3.05, 3.63) is 57.3 Å². The first-order valence-electron chi connectivity index (χ1n) is 9.06. The number of rotatable bonds is 5. The Bertz CT molecular complexity index is 892. The number of aromatic nitrogens is 2. The van der Waals surface area contributed by atoms with E-state index in [1.165, 1.54) is 0 Å². The van der Waals surface area contributed by atoms with Crippen molar-refractivity contribution in [1.82, 2.24) is 15.3 Å². The summed E-state index contributed by atoms with van der Waals surface area (Å²) in [5, 5.41) is 2.95. The lowest BCUT2D eigenvalue weighted by atomic mass is 10.1. The quantitative estimate of drug-likeness (QED) is 0.837. The third-order valence-corrected chi connectivity index (χ3v) is 4.89. The Morgan fingerprint density at radius 1 is 1.22 bits per heavy atom. The minimum atomic E-state index is -0.376. The summed E-state index contributed by atoms with van der Waals surface area (Å²) in [5.41, 5.74) is 3.88. The summed E-state index contributed by atoms with van der Waals surface area (Å²) in [5.74, 6) is -0.0933. The summed E-state index contributed by atoms with van der Waals surface area (Å²) >= 11 is 0. The number of hydrogen-bond acceptors (Lipinski definition) is 4. The Morgan fingerprint density at radius 2 is 1.93 bits per heavy atom. The molecule has 0 bridgehead atoms. The molecule has 2 N–H and O–H groups in total. The van der Waals surface area contributed by atoms with Gasteiger partial charge in [0.25, 0.3) is 0 Å². The maximum absolute atomic E-state index is 12.3. The van der Waals surface area contributed by atoms with E-state index in [0.717, 1.165) is 22.5 Å². The van der Waals surface area contributed by atoms with Gasteiger partial charge in [0.2, 0.25) is 11.8 Å². The molecule has 1 saturated heterocycles. The molecular weight excluding hydrogens is 344 g/mol. The Kier molecular flexibility index (Phi) is 5.39. The van der Waals surface area contributed by atoms with Gasteiger partial charge in [-0.3, -0.25) is 9.59 Å². The normalized spacial score (nSPS) is 16.6. The fourth-order valence-corrected chi connectivity index (χ4v) is 3.44. The van der Waals surface area contributed by atoms with Crippen LogP contribution in [-0.2, 0) is 16.0 Å². The number of anilines is 1. The lowest BCUT2D eigenvalue weighted by molar-refractivity contribution is -0.121. The molecule has 0 aliphatic carbocycles. The molecule has 27 heavy (non-hydrogen) atoms. The molecule has 1 fully saturated rings. The molecule has 3 rings (SSSR count). The average molecular weight is 368 g/mol. The number of benzene rings is 1. The van der Waals surface area contributed by atoms with Crippen LogP contribution in [0.1, 0.15) is 35.4 Å². The van der Waals surface area contributed by atoms with Gasteiger partial charge in [-0.1, -0.05) is 17.7 Å². The van der Waals surface area contributed by atoms with Gasteiger partial charge >= 0.3 is 5.69 Å². The SMILES string of the molecule is Cc1ccc(N2C[C@@H](NC(=O)CCc3c(C)nc(=O)[nH]c3C)CC2=O)cc1. The highest BCUT2D eigenvalue weighted by molar-refractivity contribution is 5.96. The predicted molar refractivity (Wildman–Crippen MR) is 103 cm³/mol. The molecule has 1 aromatic heterocycles. The van der Waals surface area contributed by atoms with Gasteiger partial charge in [0, 0.05) is 36.5 Å². The molecule has 2 heterocycles. The van der Waals surface area contributed by atoms with Crippen molar-refractivity contribution in [2.75, 3.05) is 11.4 Å². The molecule has 2 aromatic rings. The zero-order chi connectivity index (χ0) is 19.6. The Morgan fingerprint density at radius 3 is 2.59 bits per heavy atom. The van der Waals surface area contributed by atoms with Gasteiger partial charge < -0.3 is 15.2 Å². The number of carbonyl (C=O) groups is 2. The van der Waals surface area contributed by atoms with Crippen molar-refractivity contribution < 1.29 is 9.59 Å². The average Bonchev–Trinajstić information content (AvgIpc) is 2.94. The second kappa shape index (κ2) is 7.73. The maximum Gasteiger partial charge on any atom is 0.345 e. The van der Waals surface area contributed by atoms with Crippen LogP contribution in [0.15, 0.2) is 29.1 Å². The van der Waals surface area contributed by atoms with Gasteiger partial charge in [0.05, 0.1) is 6.04 Å². The van der Waals surface area contributed by atoms with Gasteiger partial charge in [-0.15, -0.1) is 0 Å². The van der Waals surface area contributed by atoms with Crippen molar-refractivity contribution in [2.45, 2.75) is 46.1 Å². The number of aromatic amines is 1. The van der Waals surface area contributed by atoms with Crippen LogP contribution in [-0.4, -0.2) is 34.4 Å². The van der Waals surface area contributed by atoms with E-state index in [4.69, 9.17) is 0 Å². The highest BCUT2D eigenvalue weighted by Gasteiger charge is 2.31. The first kappa shape index (κ1) is 18.8. The van der Waals surface area contributed by atoms with E-state index in [9.17, 15) is 14.4 Å². The molecule has 1 aliphatic rings. The van der Waals surface area contributed by atoms with Gasteiger partial charge in [0.1, 0.15) is 0 Å². The Labute approximate surface area is 157 Å². The molecular formula is C20H24N4O3. The van der Waals surface area contributed by atoms with E-state index in [2.05, 4.69) is 15.3 Å². The predicted octanol–water partition coefficient (Wildman–Crippen LogP) is 1.55. The molecule has 0 saturated carbocycles. The summed E-state index contributed by atoms with van der Waals surface area (Å²) in [7, 11) is 0. The van der Waals surface area contributed by atoms with E-state index in [-0.39, 0.29) is 30.0 Å². The van der Waals surface area contributed by atoms with Crippen LogP contribution in [0.5, 0.6) is 0 Å². The fourth-order valence-electron chi connectivity index (χ4n) is 3.44. The molecule has 0 spiro atoms. The van der Waals surface area contributed by atoms with Crippen LogP contribution in [0.25, 0.3) is 0 Å². The number of nitrogens with one attached hydrogen (secondary N) is 2. The first-order valence-corrected chi connectivity index (χ1v) is 9.06. The molecule has 1 aliphatic heterocycles. The summed E-state index contributed by atoms with van der Waals surface area (Å²) < 4.78 is 0. The first-order chi connectivity index (χ1) is 12.8. The van der Waals surface area contributed by atoms with Crippen LogP contribution in [0.2, 0.25) is 0 Å².